The van der Waals surface area contributed by atoms with Crippen LogP contribution in [0.15, 0.2) is 36.5 Å². The monoisotopic (exact) mass is 301 g/mol. The van der Waals surface area contributed by atoms with Crippen molar-refractivity contribution in [1.29, 1.82) is 5.26 Å². The van der Waals surface area contributed by atoms with Gasteiger partial charge in [0.15, 0.2) is 0 Å². The predicted octanol–water partition coefficient (Wildman–Crippen LogP) is 1.61. The van der Waals surface area contributed by atoms with Crippen molar-refractivity contribution in [3.05, 3.63) is 59.2 Å². The lowest BCUT2D eigenvalue weighted by molar-refractivity contribution is 0.0935. The number of nitrogens with one attached hydrogen (secondary N) is 2. The van der Waals surface area contributed by atoms with E-state index in [9.17, 15) is 14.3 Å². The van der Waals surface area contributed by atoms with Gasteiger partial charge in [-0.2, -0.15) is 5.26 Å². The molecular formula is C16H16FN3O2. The number of carbonyl (C=O) groups is 1. The van der Waals surface area contributed by atoms with Crippen LogP contribution in [0.25, 0.3) is 0 Å². The van der Waals surface area contributed by atoms with Crippen LogP contribution in [0, 0.1) is 23.1 Å². The summed E-state index contributed by atoms with van der Waals surface area (Å²) in [6, 6.07) is 9.73. The molecule has 6 heteroatoms. The molecule has 0 unspecified atom stereocenters. The fraction of sp³-hybridized carbons (Fsp3) is 0.250. The number of aromatic amines is 1. The number of benzene rings is 1. The minimum Gasteiger partial charge on any atom is -0.396 e. The summed E-state index contributed by atoms with van der Waals surface area (Å²) in [7, 11) is 0. The van der Waals surface area contributed by atoms with Gasteiger partial charge in [-0.1, -0.05) is 18.2 Å². The highest BCUT2D eigenvalue weighted by molar-refractivity contribution is 5.92. The van der Waals surface area contributed by atoms with E-state index < -0.39 is 0 Å². The zero-order valence-corrected chi connectivity index (χ0v) is 11.8. The minimum atomic E-state index is -0.367. The minimum absolute atomic E-state index is 0.164. The molecular weight excluding hydrogens is 285 g/mol. The Balaban J connectivity index is 1.92. The maximum Gasteiger partial charge on any atom is 0.267 e. The van der Waals surface area contributed by atoms with Crippen LogP contribution < -0.4 is 5.32 Å². The SMILES string of the molecule is N#Cc1c[nH]c(C(=O)NC[C@@H](CO)Cc2ccccc2F)c1. The van der Waals surface area contributed by atoms with Crippen LogP contribution in [0.3, 0.4) is 0 Å². The van der Waals surface area contributed by atoms with Gasteiger partial charge in [-0.3, -0.25) is 4.79 Å². The van der Waals surface area contributed by atoms with E-state index in [2.05, 4.69) is 10.3 Å². The second-order valence-corrected chi connectivity index (χ2v) is 4.97. The number of H-pyrrole nitrogens is 1. The maximum atomic E-state index is 13.6. The van der Waals surface area contributed by atoms with Gasteiger partial charge in [0.2, 0.25) is 0 Å². The van der Waals surface area contributed by atoms with Gasteiger partial charge in [0, 0.05) is 25.3 Å². The maximum absolute atomic E-state index is 13.6. The van der Waals surface area contributed by atoms with Gasteiger partial charge < -0.3 is 15.4 Å². The normalized spacial score (nSPS) is 11.7. The number of aliphatic hydroxyl groups excluding tert-OH is 1. The highest BCUT2D eigenvalue weighted by Gasteiger charge is 2.14. The van der Waals surface area contributed by atoms with Gasteiger partial charge in [-0.15, -0.1) is 0 Å². The number of nitriles is 1. The van der Waals surface area contributed by atoms with Crippen molar-refractivity contribution < 1.29 is 14.3 Å². The van der Waals surface area contributed by atoms with Crippen LogP contribution in [-0.4, -0.2) is 29.1 Å². The number of carbonyl (C=O) groups excluding carboxylic acids is 1. The zero-order chi connectivity index (χ0) is 15.9. The first-order chi connectivity index (χ1) is 10.6. The largest absolute Gasteiger partial charge is 0.396 e. The molecule has 1 aromatic heterocycles. The summed E-state index contributed by atoms with van der Waals surface area (Å²) in [5.74, 6) is -0.977. The number of amides is 1. The smallest absolute Gasteiger partial charge is 0.267 e. The van der Waals surface area contributed by atoms with Crippen molar-refractivity contribution in [2.45, 2.75) is 6.42 Å². The molecule has 114 valence electrons. The Bertz CT molecular complexity index is 691. The van der Waals surface area contributed by atoms with Gasteiger partial charge in [-0.05, 0) is 24.1 Å². The molecule has 0 aliphatic heterocycles. The first kappa shape index (κ1) is 15.7. The topological polar surface area (TPSA) is 88.9 Å². The molecule has 2 rings (SSSR count). The average molecular weight is 301 g/mol. The number of rotatable bonds is 6. The fourth-order valence-corrected chi connectivity index (χ4v) is 2.10. The first-order valence-corrected chi connectivity index (χ1v) is 6.85. The van der Waals surface area contributed by atoms with Crippen molar-refractivity contribution in [3.63, 3.8) is 0 Å². The molecule has 0 aliphatic carbocycles. The lowest BCUT2D eigenvalue weighted by Crippen LogP contribution is -2.32. The molecule has 1 aromatic carbocycles. The van der Waals surface area contributed by atoms with E-state index in [4.69, 9.17) is 5.26 Å². The molecule has 3 N–H and O–H groups in total. The van der Waals surface area contributed by atoms with Crippen molar-refractivity contribution >= 4 is 5.91 Å². The van der Waals surface area contributed by atoms with E-state index in [0.717, 1.165) is 0 Å². The lowest BCUT2D eigenvalue weighted by atomic mass is 9.99. The summed E-state index contributed by atoms with van der Waals surface area (Å²) in [6.07, 6.45) is 1.77. The Hall–Kier alpha value is -2.65. The Morgan fingerprint density at radius 2 is 2.23 bits per heavy atom. The molecule has 0 spiro atoms. The van der Waals surface area contributed by atoms with E-state index in [1.165, 1.54) is 18.3 Å². The Morgan fingerprint density at radius 1 is 1.45 bits per heavy atom. The quantitative estimate of drug-likeness (QED) is 0.757. The van der Waals surface area contributed by atoms with E-state index in [-0.39, 0.29) is 36.5 Å². The summed E-state index contributed by atoms with van der Waals surface area (Å²) in [5.41, 5.74) is 1.15. The molecule has 1 atom stereocenters. The molecule has 0 radical (unpaired) electrons. The van der Waals surface area contributed by atoms with E-state index >= 15 is 0 Å². The third-order valence-corrected chi connectivity index (χ3v) is 3.33. The Kier molecular flexibility index (Phi) is 5.28. The third kappa shape index (κ3) is 3.93. The number of aliphatic hydroxyl groups is 1. The van der Waals surface area contributed by atoms with Crippen molar-refractivity contribution in [2.24, 2.45) is 5.92 Å². The average Bonchev–Trinajstić information content (AvgIpc) is 3.02. The molecule has 0 aliphatic rings. The van der Waals surface area contributed by atoms with Crippen LogP contribution in [0.1, 0.15) is 21.6 Å². The van der Waals surface area contributed by atoms with Gasteiger partial charge >= 0.3 is 0 Å². The van der Waals surface area contributed by atoms with Gasteiger partial charge in [0.1, 0.15) is 17.6 Å². The third-order valence-electron chi connectivity index (χ3n) is 3.33. The van der Waals surface area contributed by atoms with Gasteiger partial charge in [0.05, 0.1) is 5.56 Å². The van der Waals surface area contributed by atoms with Crippen molar-refractivity contribution in [3.8, 4) is 6.07 Å². The van der Waals surface area contributed by atoms with Crippen LogP contribution in [0.2, 0.25) is 0 Å². The molecule has 0 saturated carbocycles. The molecule has 1 amide bonds. The molecule has 0 saturated heterocycles. The van der Waals surface area contributed by atoms with Crippen LogP contribution in [0.5, 0.6) is 0 Å². The van der Waals surface area contributed by atoms with Gasteiger partial charge in [0.25, 0.3) is 5.91 Å². The highest BCUT2D eigenvalue weighted by atomic mass is 19.1. The molecule has 5 nitrogen and oxygen atoms in total. The molecule has 2 aromatic rings. The summed E-state index contributed by atoms with van der Waals surface area (Å²) in [5, 5.41) is 20.8. The predicted molar refractivity (Wildman–Crippen MR) is 78.5 cm³/mol. The van der Waals surface area contributed by atoms with Crippen LogP contribution in [-0.2, 0) is 6.42 Å². The van der Waals surface area contributed by atoms with E-state index in [0.29, 0.717) is 17.5 Å². The molecule has 0 fully saturated rings. The standard InChI is InChI=1S/C16H16FN3O2/c17-14-4-2-1-3-13(14)5-12(10-21)9-20-16(22)15-6-11(7-18)8-19-15/h1-4,6,8,12,19,21H,5,9-10H2,(H,20,22)/t12-/m0/s1. The number of nitrogens with zero attached hydrogens (tertiary/aromatic N) is 1. The van der Waals surface area contributed by atoms with E-state index in [1.54, 1.807) is 18.2 Å². The number of halogens is 1. The highest BCUT2D eigenvalue weighted by Crippen LogP contribution is 2.12. The lowest BCUT2D eigenvalue weighted by Gasteiger charge is -2.15. The van der Waals surface area contributed by atoms with Crippen LogP contribution in [0.4, 0.5) is 4.39 Å². The Labute approximate surface area is 127 Å². The summed E-state index contributed by atoms with van der Waals surface area (Å²) in [4.78, 5) is 14.6. The van der Waals surface area contributed by atoms with Crippen molar-refractivity contribution in [2.75, 3.05) is 13.2 Å². The second kappa shape index (κ2) is 7.38. The van der Waals surface area contributed by atoms with Crippen molar-refractivity contribution in [1.82, 2.24) is 10.3 Å². The summed E-state index contributed by atoms with van der Waals surface area (Å²) >= 11 is 0. The fourth-order valence-electron chi connectivity index (χ4n) is 2.10. The summed E-state index contributed by atoms with van der Waals surface area (Å²) < 4.78 is 13.6. The number of hydrogen-bond donors (Lipinski definition) is 3. The zero-order valence-electron chi connectivity index (χ0n) is 11.8. The second-order valence-electron chi connectivity index (χ2n) is 4.97. The Morgan fingerprint density at radius 3 is 2.86 bits per heavy atom. The number of aromatic nitrogens is 1. The molecule has 0 bridgehead atoms. The summed E-state index contributed by atoms with van der Waals surface area (Å²) in [6.45, 7) is 0.0490. The first-order valence-electron chi connectivity index (χ1n) is 6.85. The molecule has 22 heavy (non-hydrogen) atoms. The number of hydrogen-bond acceptors (Lipinski definition) is 3. The van der Waals surface area contributed by atoms with E-state index in [1.807, 2.05) is 6.07 Å². The van der Waals surface area contributed by atoms with Gasteiger partial charge in [-0.25, -0.2) is 4.39 Å². The molecule has 1 heterocycles. The van der Waals surface area contributed by atoms with Crippen LogP contribution >= 0.6 is 0 Å².